The van der Waals surface area contributed by atoms with E-state index in [-0.39, 0.29) is 11.4 Å². The third-order valence-electron chi connectivity index (χ3n) is 3.37. The van der Waals surface area contributed by atoms with Gasteiger partial charge < -0.3 is 10.3 Å². The molecule has 2 rings (SSSR count). The first-order valence-corrected chi connectivity index (χ1v) is 7.49. The molecule has 0 bridgehead atoms. The molecule has 2 aromatic rings. The van der Waals surface area contributed by atoms with Gasteiger partial charge in [-0.15, -0.1) is 0 Å². The predicted molar refractivity (Wildman–Crippen MR) is 84.8 cm³/mol. The molecular formula is C17H20F3N3O. The van der Waals surface area contributed by atoms with Gasteiger partial charge in [0, 0.05) is 23.9 Å². The van der Waals surface area contributed by atoms with Crippen LogP contribution >= 0.6 is 0 Å². The molecule has 0 atom stereocenters. The fraction of sp³-hybridized carbons (Fsp3) is 0.412. The van der Waals surface area contributed by atoms with Crippen molar-refractivity contribution in [2.45, 2.75) is 45.8 Å². The predicted octanol–water partition coefficient (Wildman–Crippen LogP) is 3.86. The smallest absolute Gasteiger partial charge is 0.354 e. The zero-order valence-corrected chi connectivity index (χ0v) is 14.0. The Bertz CT molecular complexity index is 725. The lowest BCUT2D eigenvalue weighted by atomic mass is 10.1. The van der Waals surface area contributed by atoms with Crippen molar-refractivity contribution in [3.63, 3.8) is 0 Å². The molecule has 0 saturated carbocycles. The summed E-state index contributed by atoms with van der Waals surface area (Å²) < 4.78 is 37.6. The van der Waals surface area contributed by atoms with Gasteiger partial charge >= 0.3 is 6.18 Å². The lowest BCUT2D eigenvalue weighted by Crippen LogP contribution is -2.40. The number of H-pyrrole nitrogens is 1. The fourth-order valence-electron chi connectivity index (χ4n) is 2.23. The zero-order valence-electron chi connectivity index (χ0n) is 14.0. The Hall–Kier alpha value is -2.31. The lowest BCUT2D eigenvalue weighted by molar-refractivity contribution is -0.141. The van der Waals surface area contributed by atoms with Gasteiger partial charge in [0.1, 0.15) is 11.4 Å². The number of halogens is 3. The van der Waals surface area contributed by atoms with E-state index < -0.39 is 11.9 Å². The van der Waals surface area contributed by atoms with Gasteiger partial charge in [-0.2, -0.15) is 13.2 Å². The van der Waals surface area contributed by atoms with Crippen LogP contribution in [-0.4, -0.2) is 21.4 Å². The van der Waals surface area contributed by atoms with Crippen molar-refractivity contribution in [2.24, 2.45) is 0 Å². The van der Waals surface area contributed by atoms with Crippen LogP contribution in [0.2, 0.25) is 0 Å². The molecule has 0 spiro atoms. The number of nitrogens with one attached hydrogen (secondary N) is 2. The first kappa shape index (κ1) is 18.0. The van der Waals surface area contributed by atoms with Crippen molar-refractivity contribution in [2.75, 3.05) is 0 Å². The summed E-state index contributed by atoms with van der Waals surface area (Å²) in [4.78, 5) is 18.6. The number of aromatic nitrogens is 2. The second-order valence-corrected chi connectivity index (χ2v) is 6.76. The number of hydrogen-bond acceptors (Lipinski definition) is 2. The highest BCUT2D eigenvalue weighted by atomic mass is 19.4. The standard InChI is InChI=1S/C17H20F3N3O/c1-10-12(8-13(22-10)15(24)23-16(2,3)4)7-11-5-6-14(21-9-11)17(18,19)20/h5-6,8-9,22H,7H2,1-4H3,(H,23,24). The number of aryl methyl sites for hydroxylation is 1. The molecule has 4 nitrogen and oxygen atoms in total. The summed E-state index contributed by atoms with van der Waals surface area (Å²) in [6, 6.07) is 4.08. The average molecular weight is 339 g/mol. The number of carbonyl (C=O) groups excluding carboxylic acids is 1. The van der Waals surface area contributed by atoms with E-state index in [0.29, 0.717) is 17.7 Å². The van der Waals surface area contributed by atoms with Crippen LogP contribution in [0.25, 0.3) is 0 Å². The number of nitrogens with zero attached hydrogens (tertiary/aromatic N) is 1. The van der Waals surface area contributed by atoms with Gasteiger partial charge in [0.2, 0.25) is 0 Å². The van der Waals surface area contributed by atoms with E-state index in [0.717, 1.165) is 17.3 Å². The Morgan fingerprint density at radius 1 is 1.25 bits per heavy atom. The highest BCUT2D eigenvalue weighted by Gasteiger charge is 2.32. The fourth-order valence-corrected chi connectivity index (χ4v) is 2.23. The molecule has 7 heteroatoms. The molecule has 0 aliphatic heterocycles. The molecule has 0 aromatic carbocycles. The molecule has 1 amide bonds. The maximum absolute atomic E-state index is 12.5. The van der Waals surface area contributed by atoms with Gasteiger partial charge in [0.25, 0.3) is 5.91 Å². The Morgan fingerprint density at radius 2 is 1.92 bits per heavy atom. The molecule has 0 radical (unpaired) electrons. The van der Waals surface area contributed by atoms with Gasteiger partial charge in [-0.05, 0) is 51.0 Å². The first-order chi connectivity index (χ1) is 11.0. The van der Waals surface area contributed by atoms with E-state index in [2.05, 4.69) is 15.3 Å². The van der Waals surface area contributed by atoms with E-state index in [4.69, 9.17) is 0 Å². The quantitative estimate of drug-likeness (QED) is 0.892. The van der Waals surface area contributed by atoms with Crippen LogP contribution < -0.4 is 5.32 Å². The molecule has 0 aliphatic rings. The van der Waals surface area contributed by atoms with Crippen LogP contribution in [0.1, 0.15) is 53.8 Å². The minimum Gasteiger partial charge on any atom is -0.354 e. The summed E-state index contributed by atoms with van der Waals surface area (Å²) in [7, 11) is 0. The van der Waals surface area contributed by atoms with Crippen LogP contribution in [-0.2, 0) is 12.6 Å². The normalized spacial score (nSPS) is 12.3. The Kier molecular flexibility index (Phi) is 4.73. The summed E-state index contributed by atoms with van der Waals surface area (Å²) in [6.45, 7) is 7.47. The Balaban J connectivity index is 2.15. The van der Waals surface area contributed by atoms with Crippen LogP contribution in [0, 0.1) is 6.92 Å². The molecule has 2 aromatic heterocycles. The van der Waals surface area contributed by atoms with Crippen molar-refractivity contribution in [3.05, 3.63) is 52.6 Å². The second kappa shape index (κ2) is 6.30. The molecule has 0 aliphatic carbocycles. The topological polar surface area (TPSA) is 57.8 Å². The van der Waals surface area contributed by atoms with E-state index in [9.17, 15) is 18.0 Å². The first-order valence-electron chi connectivity index (χ1n) is 7.49. The number of pyridine rings is 1. The minimum absolute atomic E-state index is 0.220. The van der Waals surface area contributed by atoms with E-state index in [1.807, 2.05) is 27.7 Å². The summed E-state index contributed by atoms with van der Waals surface area (Å²) in [6.07, 6.45) is -2.83. The largest absolute Gasteiger partial charge is 0.433 e. The maximum atomic E-state index is 12.5. The number of amides is 1. The molecule has 0 unspecified atom stereocenters. The number of alkyl halides is 3. The maximum Gasteiger partial charge on any atom is 0.433 e. The summed E-state index contributed by atoms with van der Waals surface area (Å²) in [5.41, 5.74) is 1.45. The molecule has 2 heterocycles. The van der Waals surface area contributed by atoms with Gasteiger partial charge in [-0.3, -0.25) is 9.78 Å². The Labute approximate surface area is 138 Å². The molecule has 0 fully saturated rings. The van der Waals surface area contributed by atoms with Crippen molar-refractivity contribution in [1.82, 2.24) is 15.3 Å². The molecule has 130 valence electrons. The Morgan fingerprint density at radius 3 is 2.42 bits per heavy atom. The number of hydrogen-bond donors (Lipinski definition) is 2. The zero-order chi connectivity index (χ0) is 18.1. The van der Waals surface area contributed by atoms with Gasteiger partial charge in [0.05, 0.1) is 0 Å². The van der Waals surface area contributed by atoms with E-state index in [1.54, 1.807) is 6.07 Å². The minimum atomic E-state index is -4.44. The number of aromatic amines is 1. The van der Waals surface area contributed by atoms with Crippen molar-refractivity contribution >= 4 is 5.91 Å². The monoisotopic (exact) mass is 339 g/mol. The molecule has 2 N–H and O–H groups in total. The van der Waals surface area contributed by atoms with Gasteiger partial charge in [0.15, 0.2) is 0 Å². The van der Waals surface area contributed by atoms with Gasteiger partial charge in [-0.25, -0.2) is 0 Å². The summed E-state index contributed by atoms with van der Waals surface area (Å²) in [5, 5.41) is 2.86. The van der Waals surface area contributed by atoms with Crippen LogP contribution in [0.3, 0.4) is 0 Å². The third kappa shape index (κ3) is 4.59. The highest BCUT2D eigenvalue weighted by molar-refractivity contribution is 5.93. The van der Waals surface area contributed by atoms with Crippen molar-refractivity contribution in [3.8, 4) is 0 Å². The SMILES string of the molecule is Cc1[nH]c(C(=O)NC(C)(C)C)cc1Cc1ccc(C(F)(F)F)nc1. The lowest BCUT2D eigenvalue weighted by Gasteiger charge is -2.19. The number of rotatable bonds is 3. The summed E-state index contributed by atoms with van der Waals surface area (Å²) >= 11 is 0. The van der Waals surface area contributed by atoms with Crippen molar-refractivity contribution in [1.29, 1.82) is 0 Å². The van der Waals surface area contributed by atoms with Gasteiger partial charge in [-0.1, -0.05) is 6.07 Å². The van der Waals surface area contributed by atoms with E-state index >= 15 is 0 Å². The molecule has 24 heavy (non-hydrogen) atoms. The number of carbonyl (C=O) groups is 1. The molecular weight excluding hydrogens is 319 g/mol. The van der Waals surface area contributed by atoms with E-state index in [1.165, 1.54) is 12.3 Å². The third-order valence-corrected chi connectivity index (χ3v) is 3.37. The molecule has 0 saturated heterocycles. The summed E-state index contributed by atoms with van der Waals surface area (Å²) in [5.74, 6) is -0.220. The van der Waals surface area contributed by atoms with Crippen LogP contribution in [0.4, 0.5) is 13.2 Å². The van der Waals surface area contributed by atoms with Crippen LogP contribution in [0.15, 0.2) is 24.4 Å². The van der Waals surface area contributed by atoms with Crippen molar-refractivity contribution < 1.29 is 18.0 Å². The highest BCUT2D eigenvalue weighted by Crippen LogP contribution is 2.27. The average Bonchev–Trinajstić information content (AvgIpc) is 2.78. The second-order valence-electron chi connectivity index (χ2n) is 6.76. The van der Waals surface area contributed by atoms with Crippen LogP contribution in [0.5, 0.6) is 0 Å².